The maximum Gasteiger partial charge on any atom is 0.321 e. The van der Waals surface area contributed by atoms with Crippen LogP contribution in [0.5, 0.6) is 0 Å². The van der Waals surface area contributed by atoms with Crippen LogP contribution in [-0.2, 0) is 4.79 Å². The second kappa shape index (κ2) is 5.54. The number of nitrogens with one attached hydrogen (secondary N) is 2. The number of carbonyl (C=O) groups is 2. The van der Waals surface area contributed by atoms with Crippen molar-refractivity contribution in [3.63, 3.8) is 0 Å². The molecule has 0 bridgehead atoms. The SMILES string of the molecule is CCNC(=O)NC(=O)/C(C#N)=N\O. The van der Waals surface area contributed by atoms with E-state index in [0.29, 0.717) is 6.54 Å². The molecule has 70 valence electrons. The van der Waals surface area contributed by atoms with Gasteiger partial charge < -0.3 is 10.5 Å². The van der Waals surface area contributed by atoms with E-state index in [1.165, 1.54) is 6.07 Å². The van der Waals surface area contributed by atoms with E-state index >= 15 is 0 Å². The van der Waals surface area contributed by atoms with Gasteiger partial charge in [-0.15, -0.1) is 0 Å². The van der Waals surface area contributed by atoms with Crippen LogP contribution in [-0.4, -0.2) is 29.4 Å². The summed E-state index contributed by atoms with van der Waals surface area (Å²) in [6, 6.07) is 0.561. The molecule has 0 heterocycles. The van der Waals surface area contributed by atoms with E-state index < -0.39 is 17.6 Å². The van der Waals surface area contributed by atoms with Crippen molar-refractivity contribution in [2.75, 3.05) is 6.54 Å². The summed E-state index contributed by atoms with van der Waals surface area (Å²) in [5.74, 6) is -1.05. The summed E-state index contributed by atoms with van der Waals surface area (Å²) >= 11 is 0. The minimum absolute atomic E-state index is 0.345. The Hall–Kier alpha value is -2.10. The second-order valence-corrected chi connectivity index (χ2v) is 1.87. The molecule has 0 aliphatic heterocycles. The third kappa shape index (κ3) is 3.71. The van der Waals surface area contributed by atoms with Crippen LogP contribution in [0.1, 0.15) is 6.92 Å². The molecule has 0 radical (unpaired) electrons. The molecule has 0 rings (SSSR count). The normalized spacial score (nSPS) is 10.0. The highest BCUT2D eigenvalue weighted by Gasteiger charge is 2.13. The lowest BCUT2D eigenvalue weighted by Crippen LogP contribution is -2.42. The van der Waals surface area contributed by atoms with Gasteiger partial charge in [-0.2, -0.15) is 5.26 Å². The Labute approximate surface area is 74.0 Å². The molecule has 0 saturated heterocycles. The lowest BCUT2D eigenvalue weighted by Gasteiger charge is -2.01. The zero-order valence-electron chi connectivity index (χ0n) is 6.87. The Bertz CT molecular complexity index is 278. The molecule has 13 heavy (non-hydrogen) atoms. The number of nitrogens with zero attached hydrogens (tertiary/aromatic N) is 2. The zero-order valence-corrected chi connectivity index (χ0v) is 6.87. The van der Waals surface area contributed by atoms with E-state index in [9.17, 15) is 9.59 Å². The molecule has 0 atom stereocenters. The third-order valence-electron chi connectivity index (χ3n) is 0.985. The lowest BCUT2D eigenvalue weighted by molar-refractivity contribution is -0.113. The van der Waals surface area contributed by atoms with Gasteiger partial charge in [0.2, 0.25) is 5.71 Å². The first-order valence-electron chi connectivity index (χ1n) is 3.37. The number of hydrogen-bond donors (Lipinski definition) is 3. The Morgan fingerprint density at radius 3 is 2.62 bits per heavy atom. The number of urea groups is 1. The van der Waals surface area contributed by atoms with Gasteiger partial charge in [-0.25, -0.2) is 4.79 Å². The average molecular weight is 184 g/mol. The molecule has 3 amide bonds. The molecule has 0 unspecified atom stereocenters. The number of imide groups is 1. The van der Waals surface area contributed by atoms with Crippen molar-refractivity contribution in [3.8, 4) is 6.07 Å². The van der Waals surface area contributed by atoms with Gasteiger partial charge in [0.15, 0.2) is 0 Å². The summed E-state index contributed by atoms with van der Waals surface area (Å²) in [5.41, 5.74) is -0.772. The first-order valence-corrected chi connectivity index (χ1v) is 3.37. The fourth-order valence-electron chi connectivity index (χ4n) is 0.486. The lowest BCUT2D eigenvalue weighted by atomic mass is 10.4. The van der Waals surface area contributed by atoms with Gasteiger partial charge in [0.1, 0.15) is 6.07 Å². The topological polar surface area (TPSA) is 115 Å². The zero-order chi connectivity index (χ0) is 10.3. The molecule has 3 N–H and O–H groups in total. The largest absolute Gasteiger partial charge is 0.410 e. The number of oxime groups is 1. The summed E-state index contributed by atoms with van der Waals surface area (Å²) in [6.45, 7) is 2.01. The molecule has 0 saturated carbocycles. The molecule has 0 aromatic carbocycles. The van der Waals surface area contributed by atoms with Crippen molar-refractivity contribution in [1.29, 1.82) is 5.26 Å². The summed E-state index contributed by atoms with van der Waals surface area (Å²) in [5, 5.41) is 22.7. The number of amides is 3. The van der Waals surface area contributed by atoms with Crippen molar-refractivity contribution in [2.45, 2.75) is 6.92 Å². The maximum absolute atomic E-state index is 10.8. The monoisotopic (exact) mass is 184 g/mol. The maximum atomic E-state index is 10.8. The fraction of sp³-hybridized carbons (Fsp3) is 0.333. The van der Waals surface area contributed by atoms with Crippen LogP contribution >= 0.6 is 0 Å². The molecular weight excluding hydrogens is 176 g/mol. The van der Waals surface area contributed by atoms with E-state index in [1.807, 2.05) is 0 Å². The van der Waals surface area contributed by atoms with Crippen LogP contribution < -0.4 is 10.6 Å². The van der Waals surface area contributed by atoms with Gasteiger partial charge in [0, 0.05) is 6.54 Å². The predicted octanol–water partition coefficient (Wildman–Crippen LogP) is -0.814. The number of rotatable bonds is 2. The molecule has 0 aromatic rings. The molecule has 0 fully saturated rings. The third-order valence-corrected chi connectivity index (χ3v) is 0.985. The first kappa shape index (κ1) is 10.9. The minimum Gasteiger partial charge on any atom is -0.410 e. The van der Waals surface area contributed by atoms with Gasteiger partial charge >= 0.3 is 6.03 Å². The fourth-order valence-corrected chi connectivity index (χ4v) is 0.486. The van der Waals surface area contributed by atoms with Crippen molar-refractivity contribution in [2.24, 2.45) is 5.16 Å². The average Bonchev–Trinajstić information content (AvgIpc) is 2.06. The Balaban J connectivity index is 4.17. The standard InChI is InChI=1S/C6H8N4O3/c1-2-8-6(12)9-5(11)4(3-7)10-13/h13H,2H2,1H3,(H2,8,9,11,12)/b10-4-. The summed E-state index contributed by atoms with van der Waals surface area (Å²) in [4.78, 5) is 21.5. The van der Waals surface area contributed by atoms with Crippen molar-refractivity contribution in [3.05, 3.63) is 0 Å². The Kier molecular flexibility index (Phi) is 4.64. The van der Waals surface area contributed by atoms with E-state index in [4.69, 9.17) is 10.5 Å². The molecule has 0 spiro atoms. The molecule has 7 heteroatoms. The molecule has 7 nitrogen and oxygen atoms in total. The van der Waals surface area contributed by atoms with E-state index in [-0.39, 0.29) is 0 Å². The molecule has 0 aliphatic rings. The van der Waals surface area contributed by atoms with Gasteiger partial charge in [-0.05, 0) is 6.92 Å². The van der Waals surface area contributed by atoms with Gasteiger partial charge in [0.25, 0.3) is 5.91 Å². The second-order valence-electron chi connectivity index (χ2n) is 1.87. The van der Waals surface area contributed by atoms with Crippen molar-refractivity contribution >= 4 is 17.6 Å². The van der Waals surface area contributed by atoms with Gasteiger partial charge in [-0.3, -0.25) is 10.1 Å². The molecular formula is C6H8N4O3. The minimum atomic E-state index is -1.05. The summed E-state index contributed by atoms with van der Waals surface area (Å²) in [7, 11) is 0. The van der Waals surface area contributed by atoms with Gasteiger partial charge in [0.05, 0.1) is 0 Å². The van der Waals surface area contributed by atoms with Crippen LogP contribution in [0.4, 0.5) is 4.79 Å². The van der Waals surface area contributed by atoms with E-state index in [0.717, 1.165) is 0 Å². The van der Waals surface area contributed by atoms with E-state index in [1.54, 1.807) is 12.2 Å². The molecule has 0 aliphatic carbocycles. The van der Waals surface area contributed by atoms with Crippen LogP contribution in [0.3, 0.4) is 0 Å². The number of hydrogen-bond acceptors (Lipinski definition) is 5. The van der Waals surface area contributed by atoms with Gasteiger partial charge in [-0.1, -0.05) is 5.16 Å². The molecule has 0 aromatic heterocycles. The first-order chi connectivity index (χ1) is 6.15. The van der Waals surface area contributed by atoms with Crippen LogP contribution in [0.25, 0.3) is 0 Å². The highest BCUT2D eigenvalue weighted by molar-refractivity contribution is 6.46. The van der Waals surface area contributed by atoms with Crippen molar-refractivity contribution < 1.29 is 14.8 Å². The number of nitriles is 1. The predicted molar refractivity (Wildman–Crippen MR) is 42.0 cm³/mol. The highest BCUT2D eigenvalue weighted by atomic mass is 16.4. The van der Waals surface area contributed by atoms with E-state index in [2.05, 4.69) is 10.5 Å². The summed E-state index contributed by atoms with van der Waals surface area (Å²) < 4.78 is 0. The van der Waals surface area contributed by atoms with Crippen molar-refractivity contribution in [1.82, 2.24) is 10.6 Å². The van der Waals surface area contributed by atoms with Crippen LogP contribution in [0.15, 0.2) is 5.16 Å². The summed E-state index contributed by atoms with van der Waals surface area (Å²) in [6.07, 6.45) is 0. The number of carbonyl (C=O) groups excluding carboxylic acids is 2. The van der Waals surface area contributed by atoms with Crippen LogP contribution in [0.2, 0.25) is 0 Å². The Morgan fingerprint density at radius 2 is 2.23 bits per heavy atom. The van der Waals surface area contributed by atoms with Crippen LogP contribution in [0, 0.1) is 11.3 Å². The highest BCUT2D eigenvalue weighted by Crippen LogP contribution is 1.75. The smallest absolute Gasteiger partial charge is 0.321 e. The quantitative estimate of drug-likeness (QED) is 0.295. The Morgan fingerprint density at radius 1 is 1.62 bits per heavy atom.